The Balaban J connectivity index is 1.17. The summed E-state index contributed by atoms with van der Waals surface area (Å²) >= 11 is 0. The summed E-state index contributed by atoms with van der Waals surface area (Å²) in [5.74, 6) is -3.05. The van der Waals surface area contributed by atoms with Crippen LogP contribution in [0.1, 0.15) is 51.3 Å². The van der Waals surface area contributed by atoms with Gasteiger partial charge in [-0.1, -0.05) is 118 Å². The highest BCUT2D eigenvalue weighted by Crippen LogP contribution is 2.48. The van der Waals surface area contributed by atoms with E-state index in [1.54, 1.807) is 30.5 Å². The number of carbonyl (C=O) groups excluding carboxylic acids is 2. The average molecular weight is 870 g/mol. The molecular formula is C54H55N3O6Si. The molecule has 0 unspecified atom stereocenters. The lowest BCUT2D eigenvalue weighted by Gasteiger charge is -2.44. The van der Waals surface area contributed by atoms with Gasteiger partial charge in [0.25, 0.3) is 8.32 Å². The van der Waals surface area contributed by atoms with E-state index in [0.717, 1.165) is 44.2 Å². The molecular weight excluding hydrogens is 815 g/mol. The van der Waals surface area contributed by atoms with Gasteiger partial charge in [0.1, 0.15) is 5.75 Å². The van der Waals surface area contributed by atoms with Gasteiger partial charge >= 0.3 is 0 Å². The smallest absolute Gasteiger partial charge is 0.261 e. The predicted octanol–water partition coefficient (Wildman–Crippen LogP) is 8.90. The number of hydrogen-bond donors (Lipinski definition) is 4. The summed E-state index contributed by atoms with van der Waals surface area (Å²) in [6, 6.07) is 50.2. The van der Waals surface area contributed by atoms with Gasteiger partial charge in [0.15, 0.2) is 0 Å². The minimum absolute atomic E-state index is 0.0944. The van der Waals surface area contributed by atoms with E-state index < -0.39 is 44.7 Å². The van der Waals surface area contributed by atoms with Crippen LogP contribution in [0.15, 0.2) is 175 Å². The zero-order valence-electron chi connectivity index (χ0n) is 36.5. The number of fused-ring (bicyclic) bond motifs is 1. The van der Waals surface area contributed by atoms with Crippen molar-refractivity contribution in [1.29, 1.82) is 0 Å². The number of aromatic hydroxyl groups is 1. The maximum absolute atomic E-state index is 14.7. The van der Waals surface area contributed by atoms with Crippen molar-refractivity contribution in [2.45, 2.75) is 51.2 Å². The first-order chi connectivity index (χ1) is 31.0. The molecule has 1 aliphatic carbocycles. The van der Waals surface area contributed by atoms with Gasteiger partial charge in [0, 0.05) is 23.5 Å². The van der Waals surface area contributed by atoms with Crippen molar-refractivity contribution in [2.24, 2.45) is 17.8 Å². The molecule has 2 aliphatic rings. The Morgan fingerprint density at radius 1 is 0.797 bits per heavy atom. The summed E-state index contributed by atoms with van der Waals surface area (Å²) in [6.07, 6.45) is 3.46. The van der Waals surface area contributed by atoms with Crippen LogP contribution in [0.4, 0.5) is 17.1 Å². The number of benzene rings is 5. The number of rotatable bonds is 15. The van der Waals surface area contributed by atoms with Gasteiger partial charge in [-0.15, -0.1) is 0 Å². The number of aromatic nitrogens is 1. The van der Waals surface area contributed by atoms with Gasteiger partial charge in [-0.3, -0.25) is 19.5 Å². The minimum atomic E-state index is -3.10. The first-order valence-electron chi connectivity index (χ1n) is 21.9. The molecule has 9 nitrogen and oxygen atoms in total. The van der Waals surface area contributed by atoms with E-state index in [4.69, 9.17) is 4.43 Å². The van der Waals surface area contributed by atoms with Crippen LogP contribution in [-0.2, 0) is 14.0 Å². The standard InChI is InChI=1S/C54H55N3O6Si/c1-54(2,3)64(44-17-9-5-10-18-44,45-19-11-6-12-20-45)63-36-39-34-46-51(53(62)57(52(46)61)42-27-25-41(26-28-42)56-40-15-7-4-8-16-40)47(35-58)50(39)49(60)31-24-38(48-21-13-14-32-55-48)33-37-22-29-43(59)30-23-37/h4-23,25-30,32-33,46-47,49,51,56,58-60H,24,31,34-36H2,1-3H3/b38-33-/t46-,47+,49-,51-/m1/s1. The molecule has 10 heteroatoms. The van der Waals surface area contributed by atoms with Crippen LogP contribution < -0.4 is 20.6 Å². The second kappa shape index (κ2) is 19.1. The molecule has 5 aromatic carbocycles. The minimum Gasteiger partial charge on any atom is -0.508 e. The summed E-state index contributed by atoms with van der Waals surface area (Å²) in [6.45, 7) is 6.26. The SMILES string of the molecule is CC(C)(C)[Si](OCC1=C([C@H](O)CC/C(=C/c2ccc(O)cc2)c2ccccn2)[C@H](CO)[C@@H]2C(=O)N(c3ccc(Nc4ccccc4)cc3)C(=O)[C@@H]2C1)(c1ccccc1)c1ccccc1. The maximum Gasteiger partial charge on any atom is 0.261 e. The van der Waals surface area contributed by atoms with E-state index in [1.165, 1.54) is 4.90 Å². The van der Waals surface area contributed by atoms with Gasteiger partial charge in [0.2, 0.25) is 11.8 Å². The van der Waals surface area contributed by atoms with E-state index in [2.05, 4.69) is 55.3 Å². The van der Waals surface area contributed by atoms with E-state index in [-0.39, 0.29) is 36.1 Å². The molecule has 6 aromatic rings. The Morgan fingerprint density at radius 3 is 1.97 bits per heavy atom. The Morgan fingerprint density at radius 2 is 1.39 bits per heavy atom. The molecule has 0 spiro atoms. The Labute approximate surface area is 376 Å². The van der Waals surface area contributed by atoms with Crippen molar-refractivity contribution < 1.29 is 29.3 Å². The topological polar surface area (TPSA) is 132 Å². The second-order valence-corrected chi connectivity index (χ2v) is 22.0. The molecule has 4 atom stereocenters. The molecule has 2 amide bonds. The first-order valence-corrected chi connectivity index (χ1v) is 23.9. The number of carbonyl (C=O) groups is 2. The zero-order chi connectivity index (χ0) is 44.8. The molecule has 1 aliphatic heterocycles. The van der Waals surface area contributed by atoms with Crippen LogP contribution in [-0.4, -0.2) is 59.8 Å². The Kier molecular flexibility index (Phi) is 13.2. The lowest BCUT2D eigenvalue weighted by Crippen LogP contribution is -2.66. The molecule has 326 valence electrons. The largest absolute Gasteiger partial charge is 0.508 e. The number of phenols is 1. The molecule has 0 saturated carbocycles. The molecule has 0 radical (unpaired) electrons. The number of allylic oxidation sites excluding steroid dienone is 1. The highest BCUT2D eigenvalue weighted by Gasteiger charge is 2.56. The quantitative estimate of drug-likeness (QED) is 0.0458. The van der Waals surface area contributed by atoms with Crippen molar-refractivity contribution >= 4 is 59.2 Å². The van der Waals surface area contributed by atoms with Crippen molar-refractivity contribution in [3.8, 4) is 5.75 Å². The lowest BCUT2D eigenvalue weighted by atomic mass is 9.68. The first kappa shape index (κ1) is 44.2. The van der Waals surface area contributed by atoms with E-state index in [9.17, 15) is 24.9 Å². The van der Waals surface area contributed by atoms with E-state index in [1.807, 2.05) is 115 Å². The fraction of sp³-hybridized carbons (Fsp3) is 0.241. The normalized spacial score (nSPS) is 18.5. The lowest BCUT2D eigenvalue weighted by molar-refractivity contribution is -0.123. The highest BCUT2D eigenvalue weighted by molar-refractivity contribution is 6.99. The van der Waals surface area contributed by atoms with Crippen molar-refractivity contribution in [3.63, 3.8) is 0 Å². The van der Waals surface area contributed by atoms with Crippen LogP contribution in [0.2, 0.25) is 5.04 Å². The fourth-order valence-corrected chi connectivity index (χ4v) is 14.3. The third-order valence-corrected chi connectivity index (χ3v) is 17.7. The number of anilines is 3. The highest BCUT2D eigenvalue weighted by atomic mass is 28.4. The number of aliphatic hydroxyl groups excluding tert-OH is 2. The summed E-state index contributed by atoms with van der Waals surface area (Å²) in [4.78, 5) is 35.2. The molecule has 64 heavy (non-hydrogen) atoms. The van der Waals surface area contributed by atoms with Crippen LogP contribution in [0.3, 0.4) is 0 Å². The molecule has 4 N–H and O–H groups in total. The zero-order valence-corrected chi connectivity index (χ0v) is 37.5. The third-order valence-electron chi connectivity index (χ3n) is 12.7. The van der Waals surface area contributed by atoms with Gasteiger partial charge in [-0.25, -0.2) is 0 Å². The fourth-order valence-electron chi connectivity index (χ4n) is 9.73. The van der Waals surface area contributed by atoms with Crippen molar-refractivity contribution in [3.05, 3.63) is 186 Å². The van der Waals surface area contributed by atoms with Gasteiger partial charge in [-0.2, -0.15) is 0 Å². The predicted molar refractivity (Wildman–Crippen MR) is 257 cm³/mol. The number of hydrogen-bond acceptors (Lipinski definition) is 8. The summed E-state index contributed by atoms with van der Waals surface area (Å²) in [5, 5.41) is 39.1. The van der Waals surface area contributed by atoms with Crippen LogP contribution in [0, 0.1) is 17.8 Å². The van der Waals surface area contributed by atoms with Crippen LogP contribution in [0.25, 0.3) is 11.6 Å². The number of nitrogens with zero attached hydrogens (tertiary/aromatic N) is 2. The second-order valence-electron chi connectivity index (χ2n) is 17.7. The van der Waals surface area contributed by atoms with Gasteiger partial charge in [0.05, 0.1) is 42.5 Å². The summed E-state index contributed by atoms with van der Waals surface area (Å²) in [7, 11) is -3.10. The molecule has 1 aromatic heterocycles. The van der Waals surface area contributed by atoms with Crippen LogP contribution >= 0.6 is 0 Å². The van der Waals surface area contributed by atoms with Gasteiger partial charge < -0.3 is 25.1 Å². The van der Waals surface area contributed by atoms with E-state index >= 15 is 0 Å². The van der Waals surface area contributed by atoms with Crippen molar-refractivity contribution in [1.82, 2.24) is 4.98 Å². The number of para-hydroxylation sites is 1. The Hall–Kier alpha value is -6.43. The maximum atomic E-state index is 14.7. The molecule has 8 rings (SSSR count). The number of amides is 2. The number of phenolic OH excluding ortho intramolecular Hbond substituents is 1. The van der Waals surface area contributed by atoms with Crippen LogP contribution in [0.5, 0.6) is 5.75 Å². The van der Waals surface area contributed by atoms with Crippen molar-refractivity contribution in [2.75, 3.05) is 23.4 Å². The molecule has 0 bridgehead atoms. The molecule has 1 fully saturated rings. The molecule has 1 saturated heterocycles. The molecule has 2 heterocycles. The number of nitrogens with one attached hydrogen (secondary N) is 1. The monoisotopic (exact) mass is 869 g/mol. The van der Waals surface area contributed by atoms with E-state index in [0.29, 0.717) is 17.7 Å². The average Bonchev–Trinajstić information content (AvgIpc) is 3.57. The summed E-state index contributed by atoms with van der Waals surface area (Å²) < 4.78 is 7.48. The number of pyridine rings is 1. The Bertz CT molecular complexity index is 2560. The summed E-state index contributed by atoms with van der Waals surface area (Å²) in [5.41, 5.74) is 5.92. The van der Waals surface area contributed by atoms with Gasteiger partial charge in [-0.05, 0) is 124 Å². The third kappa shape index (κ3) is 9.00. The number of aliphatic hydroxyl groups is 2. The number of imide groups is 1.